The van der Waals surface area contributed by atoms with Crippen LogP contribution in [-0.4, -0.2) is 16.0 Å². The highest BCUT2D eigenvalue weighted by molar-refractivity contribution is 8.02. The summed E-state index contributed by atoms with van der Waals surface area (Å²) >= 11 is 11.1. The van der Waals surface area contributed by atoms with E-state index in [0.717, 1.165) is 30.8 Å². The zero-order valence-electron chi connectivity index (χ0n) is 9.22. The van der Waals surface area contributed by atoms with Crippen molar-refractivity contribution in [2.24, 2.45) is 0 Å². The third-order valence-corrected chi connectivity index (χ3v) is 5.45. The van der Waals surface area contributed by atoms with Crippen molar-refractivity contribution >= 4 is 46.5 Å². The molecule has 0 unspecified atom stereocenters. The molecule has 6 heteroatoms. The average molecular weight is 303 g/mol. The summed E-state index contributed by atoms with van der Waals surface area (Å²) in [5, 5.41) is 9.08. The number of benzene rings is 1. The van der Waals surface area contributed by atoms with E-state index in [1.165, 1.54) is 0 Å². The third kappa shape index (κ3) is 3.88. The number of hydrogen-bond donors (Lipinski definition) is 0. The van der Waals surface area contributed by atoms with Gasteiger partial charge in [0.2, 0.25) is 0 Å². The van der Waals surface area contributed by atoms with Crippen molar-refractivity contribution in [3.8, 4) is 0 Å². The van der Waals surface area contributed by atoms with Gasteiger partial charge in [-0.2, -0.15) is 0 Å². The quantitative estimate of drug-likeness (QED) is 0.754. The third-order valence-electron chi connectivity index (χ3n) is 1.96. The fourth-order valence-corrected chi connectivity index (χ4v) is 4.40. The predicted molar refractivity (Wildman–Crippen MR) is 77.3 cm³/mol. The summed E-state index contributed by atoms with van der Waals surface area (Å²) < 4.78 is 2.04. The highest BCUT2D eigenvalue weighted by Gasteiger charge is 2.06. The van der Waals surface area contributed by atoms with E-state index in [2.05, 4.69) is 17.1 Å². The van der Waals surface area contributed by atoms with Gasteiger partial charge in [-0.1, -0.05) is 71.6 Å². The molecule has 90 valence electrons. The summed E-state index contributed by atoms with van der Waals surface area (Å²) in [5.41, 5.74) is 1.14. The summed E-state index contributed by atoms with van der Waals surface area (Å²) in [6, 6.07) is 7.89. The summed E-state index contributed by atoms with van der Waals surface area (Å²) in [7, 11) is 0. The monoisotopic (exact) mass is 302 g/mol. The smallest absolute Gasteiger partial charge is 0.131 e. The number of nitrogens with zero attached hydrogens (tertiary/aromatic N) is 2. The van der Waals surface area contributed by atoms with E-state index >= 15 is 0 Å². The summed E-state index contributed by atoms with van der Waals surface area (Å²) in [6.45, 7) is 2.11. The van der Waals surface area contributed by atoms with E-state index in [-0.39, 0.29) is 0 Å². The molecule has 1 aromatic heterocycles. The lowest BCUT2D eigenvalue weighted by atomic mass is 10.2. The summed E-state index contributed by atoms with van der Waals surface area (Å²) in [5.74, 6) is 1.87. The van der Waals surface area contributed by atoms with Gasteiger partial charge in [-0.05, 0) is 17.4 Å². The van der Waals surface area contributed by atoms with Crippen molar-refractivity contribution in [1.82, 2.24) is 10.2 Å². The lowest BCUT2D eigenvalue weighted by Crippen LogP contribution is -1.81. The minimum atomic E-state index is 0.813. The lowest BCUT2D eigenvalue weighted by molar-refractivity contribution is 0.954. The molecule has 2 rings (SSSR count). The predicted octanol–water partition coefficient (Wildman–Crippen LogP) is 4.60. The van der Waals surface area contributed by atoms with E-state index in [9.17, 15) is 0 Å². The maximum atomic E-state index is 6.10. The minimum absolute atomic E-state index is 0.813. The zero-order chi connectivity index (χ0) is 12.1. The van der Waals surface area contributed by atoms with Crippen LogP contribution in [0.4, 0.5) is 0 Å². The number of hydrogen-bond acceptors (Lipinski definition) is 5. The van der Waals surface area contributed by atoms with Gasteiger partial charge in [0.25, 0.3) is 0 Å². The van der Waals surface area contributed by atoms with Crippen LogP contribution in [0, 0.1) is 0 Å². The molecule has 1 heterocycles. The van der Waals surface area contributed by atoms with Crippen LogP contribution >= 0.6 is 46.5 Å². The molecule has 0 N–H and O–H groups in total. The molecule has 0 bridgehead atoms. The second-order valence-corrected chi connectivity index (χ2v) is 7.27. The molecule has 0 atom stereocenters. The van der Waals surface area contributed by atoms with Crippen molar-refractivity contribution in [1.29, 1.82) is 0 Å². The van der Waals surface area contributed by atoms with E-state index in [0.29, 0.717) is 0 Å². The minimum Gasteiger partial charge on any atom is -0.131 e. The Balaban J connectivity index is 1.95. The molecule has 17 heavy (non-hydrogen) atoms. The fraction of sp³-hybridized carbons (Fsp3) is 0.273. The van der Waals surface area contributed by atoms with Crippen molar-refractivity contribution in [3.05, 3.63) is 34.9 Å². The maximum Gasteiger partial charge on any atom is 0.175 e. The molecule has 1 aromatic carbocycles. The SMILES string of the molecule is CCSc1nnc(SCc2ccccc2Cl)s1. The Morgan fingerprint density at radius 3 is 2.59 bits per heavy atom. The van der Waals surface area contributed by atoms with Crippen molar-refractivity contribution in [3.63, 3.8) is 0 Å². The van der Waals surface area contributed by atoms with Crippen LogP contribution < -0.4 is 0 Å². The number of aromatic nitrogens is 2. The molecule has 0 radical (unpaired) electrons. The molecular weight excluding hydrogens is 292 g/mol. The first-order chi connectivity index (χ1) is 8.29. The van der Waals surface area contributed by atoms with Gasteiger partial charge in [0.1, 0.15) is 0 Å². The van der Waals surface area contributed by atoms with E-state index < -0.39 is 0 Å². The van der Waals surface area contributed by atoms with Gasteiger partial charge in [0.15, 0.2) is 8.68 Å². The van der Waals surface area contributed by atoms with Gasteiger partial charge in [0.05, 0.1) is 0 Å². The van der Waals surface area contributed by atoms with Crippen LogP contribution in [0.15, 0.2) is 32.9 Å². The number of halogens is 1. The van der Waals surface area contributed by atoms with Crippen molar-refractivity contribution < 1.29 is 0 Å². The summed E-state index contributed by atoms with van der Waals surface area (Å²) in [6.07, 6.45) is 0. The fourth-order valence-electron chi connectivity index (χ4n) is 1.19. The second kappa shape index (κ2) is 6.64. The Kier molecular flexibility index (Phi) is 5.16. The van der Waals surface area contributed by atoms with Gasteiger partial charge in [-0.25, -0.2) is 0 Å². The number of rotatable bonds is 5. The van der Waals surface area contributed by atoms with Crippen molar-refractivity contribution in [2.45, 2.75) is 21.4 Å². The second-order valence-electron chi connectivity index (χ2n) is 3.15. The Labute approximate surface area is 118 Å². The van der Waals surface area contributed by atoms with E-state index in [1.807, 2.05) is 24.3 Å². The van der Waals surface area contributed by atoms with Crippen LogP contribution in [0.25, 0.3) is 0 Å². The molecule has 0 amide bonds. The molecule has 0 spiro atoms. The first kappa shape index (κ1) is 13.2. The molecule has 2 aromatic rings. The average Bonchev–Trinajstić information content (AvgIpc) is 2.76. The molecule has 0 fully saturated rings. The molecule has 0 saturated heterocycles. The summed E-state index contributed by atoms with van der Waals surface area (Å²) in [4.78, 5) is 0. The molecule has 2 nitrogen and oxygen atoms in total. The van der Waals surface area contributed by atoms with Gasteiger partial charge in [0, 0.05) is 10.8 Å². The topological polar surface area (TPSA) is 25.8 Å². The van der Waals surface area contributed by atoms with Crippen LogP contribution in [0.1, 0.15) is 12.5 Å². The number of thioether (sulfide) groups is 2. The van der Waals surface area contributed by atoms with Crippen LogP contribution in [0.2, 0.25) is 5.02 Å². The highest BCUT2D eigenvalue weighted by Crippen LogP contribution is 2.31. The highest BCUT2D eigenvalue weighted by atomic mass is 35.5. The first-order valence-corrected chi connectivity index (χ1v) is 8.28. The van der Waals surface area contributed by atoms with Gasteiger partial charge >= 0.3 is 0 Å². The molecular formula is C11H11ClN2S3. The van der Waals surface area contributed by atoms with Crippen molar-refractivity contribution in [2.75, 3.05) is 5.75 Å². The van der Waals surface area contributed by atoms with Gasteiger partial charge in [-0.3, -0.25) is 0 Å². The molecule has 0 aliphatic rings. The first-order valence-electron chi connectivity index (χ1n) is 5.12. The molecule has 0 aliphatic carbocycles. The lowest BCUT2D eigenvalue weighted by Gasteiger charge is -2.00. The van der Waals surface area contributed by atoms with E-state index in [4.69, 9.17) is 11.6 Å². The zero-order valence-corrected chi connectivity index (χ0v) is 12.4. The molecule has 0 aliphatic heterocycles. The van der Waals surface area contributed by atoms with Crippen LogP contribution in [-0.2, 0) is 5.75 Å². The maximum absolute atomic E-state index is 6.10. The van der Waals surface area contributed by atoms with Crippen LogP contribution in [0.5, 0.6) is 0 Å². The van der Waals surface area contributed by atoms with E-state index in [1.54, 1.807) is 34.9 Å². The Morgan fingerprint density at radius 2 is 1.88 bits per heavy atom. The largest absolute Gasteiger partial charge is 0.175 e. The van der Waals surface area contributed by atoms with Gasteiger partial charge in [-0.15, -0.1) is 10.2 Å². The Bertz CT molecular complexity index is 487. The van der Waals surface area contributed by atoms with Crippen LogP contribution in [0.3, 0.4) is 0 Å². The normalized spacial score (nSPS) is 10.7. The van der Waals surface area contributed by atoms with Gasteiger partial charge < -0.3 is 0 Å². The Hall–Kier alpha value is -0.230. The standard InChI is InChI=1S/C11H11ClN2S3/c1-2-15-10-13-14-11(17-10)16-7-8-5-3-4-6-9(8)12/h3-6H,2,7H2,1H3. The molecule has 0 saturated carbocycles. The Morgan fingerprint density at radius 1 is 1.18 bits per heavy atom.